The summed E-state index contributed by atoms with van der Waals surface area (Å²) < 4.78 is 3.25. The van der Waals surface area contributed by atoms with E-state index in [2.05, 4.69) is 34.2 Å². The van der Waals surface area contributed by atoms with Gasteiger partial charge in [0, 0.05) is 33.1 Å². The van der Waals surface area contributed by atoms with Crippen molar-refractivity contribution in [2.45, 2.75) is 126 Å². The second-order valence-corrected chi connectivity index (χ2v) is 22.1. The molecule has 6 rings (SSSR count). The molecule has 0 saturated heterocycles. The minimum absolute atomic E-state index is 0.0705. The molecule has 0 aliphatic rings. The quantitative estimate of drug-likeness (QED) is 0.0792. The molecule has 2 heterocycles. The van der Waals surface area contributed by atoms with Gasteiger partial charge in [-0.25, -0.2) is 0 Å². The number of fused-ring (bicyclic) bond motifs is 2. The van der Waals surface area contributed by atoms with Gasteiger partial charge in [0.05, 0.1) is 0 Å². The number of benzene rings is 4. The predicted octanol–water partition coefficient (Wildman–Crippen LogP) is 8.65. The van der Waals surface area contributed by atoms with Crippen LogP contribution in [0.2, 0.25) is 18.9 Å². The minimum atomic E-state index is -1.12. The van der Waals surface area contributed by atoms with Gasteiger partial charge in [-0.1, -0.05) is 76.9 Å². The van der Waals surface area contributed by atoms with Gasteiger partial charge in [0.25, 0.3) is 0 Å². The number of aromatic hydroxyl groups is 2. The van der Waals surface area contributed by atoms with Gasteiger partial charge in [0.1, 0.15) is 44.9 Å². The molecule has 2 aromatic heterocycles. The van der Waals surface area contributed by atoms with E-state index in [0.29, 0.717) is 67.5 Å². The summed E-state index contributed by atoms with van der Waals surface area (Å²) in [4.78, 5) is 24.4. The Labute approximate surface area is 378 Å². The summed E-state index contributed by atoms with van der Waals surface area (Å²) in [6.07, 6.45) is 6.23. The molecular weight excluding hydrogens is 922 g/mol. The number of aryl methyl sites for hydroxylation is 2. The third-order valence-electron chi connectivity index (χ3n) is 9.68. The third kappa shape index (κ3) is 14.3. The zero-order chi connectivity index (χ0) is 45.1. The van der Waals surface area contributed by atoms with Gasteiger partial charge in [0.15, 0.2) is 0 Å². The Morgan fingerprint density at radius 3 is 1.30 bits per heavy atom. The van der Waals surface area contributed by atoms with Crippen molar-refractivity contribution in [2.75, 3.05) is 0 Å². The molecule has 0 unspecified atom stereocenters. The van der Waals surface area contributed by atoms with E-state index in [1.54, 1.807) is 57.4 Å². The Hall–Kier alpha value is -4.40. The Bertz CT molecular complexity index is 2270. The Kier molecular flexibility index (Phi) is 17.8. The summed E-state index contributed by atoms with van der Waals surface area (Å²) in [6, 6.07) is 17.4. The van der Waals surface area contributed by atoms with Crippen molar-refractivity contribution in [1.29, 1.82) is 0 Å². The molecule has 6 aromatic rings. The molecule has 324 valence electrons. The fourth-order valence-corrected chi connectivity index (χ4v) is 10.8. The fourth-order valence-electron chi connectivity index (χ4n) is 6.30. The van der Waals surface area contributed by atoms with Crippen molar-refractivity contribution in [2.24, 2.45) is 0 Å². The molecule has 0 saturated carbocycles. The third-order valence-corrected chi connectivity index (χ3v) is 14.2. The second kappa shape index (κ2) is 22.1. The van der Waals surface area contributed by atoms with Crippen molar-refractivity contribution in [1.82, 2.24) is 30.0 Å². The number of aliphatic carboxylic acids is 2. The van der Waals surface area contributed by atoms with Gasteiger partial charge in [-0.05, 0) is 96.2 Å². The topological polar surface area (TPSA) is 182 Å². The Morgan fingerprint density at radius 2 is 0.967 bits per heavy atom. The number of hydrogen-bond acceptors (Lipinski definition) is 10. The van der Waals surface area contributed by atoms with Crippen molar-refractivity contribution < 1.29 is 30.0 Å². The van der Waals surface area contributed by atoms with E-state index in [9.17, 15) is 30.0 Å². The van der Waals surface area contributed by atoms with Crippen LogP contribution in [0, 0.1) is 0 Å². The average molecular weight is 979 g/mol. The SMILES string of the molecule is CC(C)(C)c1cc(CCC(=O)[O-])cc(-n2nc3ccc(Cl)cc3n2)c1O.CC(C)(C)c1cc(CCC(=O)[O-])cc(-n2nc3ccc(Cl)cc3n2)c1O.CCC[CH2][Sn+2][CH2]CCC. The van der Waals surface area contributed by atoms with Gasteiger partial charge >= 0.3 is 69.5 Å². The van der Waals surface area contributed by atoms with Gasteiger partial charge in [0.2, 0.25) is 0 Å². The Morgan fingerprint density at radius 1 is 0.607 bits per heavy atom. The number of phenols is 2. The van der Waals surface area contributed by atoms with Gasteiger partial charge in [-0.2, -0.15) is 0 Å². The van der Waals surface area contributed by atoms with Crippen LogP contribution in [0.1, 0.15) is 116 Å². The maximum absolute atomic E-state index is 10.8. The van der Waals surface area contributed by atoms with Gasteiger partial charge < -0.3 is 30.0 Å². The number of nitrogens with zero attached hydrogens (tertiary/aromatic N) is 6. The monoisotopic (exact) mass is 978 g/mol. The molecule has 0 atom stereocenters. The van der Waals surface area contributed by atoms with Crippen LogP contribution < -0.4 is 10.2 Å². The number of aromatic nitrogens is 6. The predicted molar refractivity (Wildman–Crippen MR) is 240 cm³/mol. The van der Waals surface area contributed by atoms with Crippen LogP contribution in [0.15, 0.2) is 60.7 Å². The second-order valence-electron chi connectivity index (χ2n) is 17.0. The number of hydrogen-bond donors (Lipinski definition) is 2. The van der Waals surface area contributed by atoms with Crippen molar-refractivity contribution in [3.05, 3.63) is 93.0 Å². The van der Waals surface area contributed by atoms with E-state index < -0.39 is 11.9 Å². The first-order valence-electron chi connectivity index (χ1n) is 20.6. The van der Waals surface area contributed by atoms with E-state index in [1.165, 1.54) is 35.3 Å². The Balaban J connectivity index is 0.000000224. The van der Waals surface area contributed by atoms with E-state index >= 15 is 0 Å². The van der Waals surface area contributed by atoms with Crippen molar-refractivity contribution in [3.63, 3.8) is 0 Å². The summed E-state index contributed by atoms with van der Waals surface area (Å²) in [5.74, 6) is -2.09. The first kappa shape index (κ1) is 49.3. The van der Waals surface area contributed by atoms with Crippen LogP contribution in [0.25, 0.3) is 33.4 Å². The number of carbonyl (C=O) groups is 2. The van der Waals surface area contributed by atoms with Crippen LogP contribution >= 0.6 is 23.2 Å². The molecule has 0 aliphatic heterocycles. The van der Waals surface area contributed by atoms with Crippen molar-refractivity contribution in [3.8, 4) is 22.9 Å². The molecule has 4 aromatic carbocycles. The molecular formula is C46H56Cl2N6O6Sn. The molecule has 0 fully saturated rings. The number of halogens is 2. The molecule has 0 spiro atoms. The van der Waals surface area contributed by atoms with Gasteiger partial charge in [-0.15, -0.1) is 30.0 Å². The van der Waals surface area contributed by atoms with Crippen molar-refractivity contribution >= 4 is 78.3 Å². The molecule has 0 amide bonds. The van der Waals surface area contributed by atoms with Gasteiger partial charge in [-0.3, -0.25) is 0 Å². The molecule has 2 N–H and O–H groups in total. The molecule has 61 heavy (non-hydrogen) atoms. The zero-order valence-corrected chi connectivity index (χ0v) is 40.7. The molecule has 12 nitrogen and oxygen atoms in total. The van der Waals surface area contributed by atoms with Crippen LogP contribution in [-0.4, -0.2) is 73.3 Å². The van der Waals surface area contributed by atoms with Crippen LogP contribution in [0.3, 0.4) is 0 Å². The number of phenolic OH excluding ortho intramolecular Hbond substituents is 2. The first-order chi connectivity index (χ1) is 28.7. The summed E-state index contributed by atoms with van der Waals surface area (Å²) in [6.45, 7) is 16.4. The summed E-state index contributed by atoms with van der Waals surface area (Å²) >= 11 is 12.1. The number of unbranched alkanes of at least 4 members (excludes halogenated alkanes) is 2. The normalized spacial score (nSPS) is 11.4. The van der Waals surface area contributed by atoms with Crippen LogP contribution in [-0.2, 0) is 33.3 Å². The average Bonchev–Trinajstić information content (AvgIpc) is 3.80. The van der Waals surface area contributed by atoms with Crippen LogP contribution in [0.5, 0.6) is 11.5 Å². The zero-order valence-electron chi connectivity index (χ0n) is 36.3. The maximum atomic E-state index is 10.8. The summed E-state index contributed by atoms with van der Waals surface area (Å²) in [5.41, 5.74) is 5.55. The van der Waals surface area contributed by atoms with Crippen LogP contribution in [0.4, 0.5) is 0 Å². The number of carboxylic acid groups (broad SMARTS) is 2. The molecule has 15 heteroatoms. The fraction of sp³-hybridized carbons (Fsp3) is 0.435. The number of carbonyl (C=O) groups excluding carboxylic acids is 2. The molecule has 0 bridgehead atoms. The first-order valence-corrected chi connectivity index (χ1v) is 25.4. The molecule has 0 aliphatic carbocycles. The van der Waals surface area contributed by atoms with E-state index in [0.717, 1.165) is 11.1 Å². The summed E-state index contributed by atoms with van der Waals surface area (Å²) in [5, 5.41) is 61.9. The number of carboxylic acids is 2. The standard InChI is InChI=1S/2C19H20ClN3O3.2C4H9.Sn/c2*1-19(2,3)13-8-11(4-7-17(24)25)9-16(18(13)26)23-21-14-6-5-12(20)10-15(14)22-23;2*1-3-4-2;/h2*5-6,8-10,26H,4,7H2,1-3H3,(H,24,25);2*1,3-4H2,2H3;/q;;;;+2/p-2. The molecule has 0 radical (unpaired) electrons. The summed E-state index contributed by atoms with van der Waals surface area (Å²) in [7, 11) is 0. The number of rotatable bonds is 14. The van der Waals surface area contributed by atoms with E-state index in [1.807, 2.05) is 53.7 Å². The van der Waals surface area contributed by atoms with E-state index in [4.69, 9.17) is 23.2 Å². The van der Waals surface area contributed by atoms with E-state index in [-0.39, 0.29) is 56.3 Å².